The first-order valence-electron chi connectivity index (χ1n) is 6.48. The summed E-state index contributed by atoms with van der Waals surface area (Å²) in [5.41, 5.74) is 1.94. The van der Waals surface area contributed by atoms with E-state index < -0.39 is 16.0 Å². The molecule has 0 fully saturated rings. The van der Waals surface area contributed by atoms with E-state index in [0.717, 1.165) is 5.56 Å². The number of hydrogen-bond donors (Lipinski definition) is 0. The lowest BCUT2D eigenvalue weighted by molar-refractivity contribution is 0.0600. The maximum Gasteiger partial charge on any atom is 0.337 e. The molecule has 0 heterocycles. The number of esters is 1. The molecule has 0 aliphatic rings. The summed E-state index contributed by atoms with van der Waals surface area (Å²) < 4.78 is 32.4. The summed E-state index contributed by atoms with van der Waals surface area (Å²) in [6.45, 7) is 1.88. The fourth-order valence-electron chi connectivity index (χ4n) is 1.72. The molecule has 22 heavy (non-hydrogen) atoms. The predicted molar refractivity (Wildman–Crippen MR) is 83.7 cm³/mol. The maximum atomic E-state index is 12.1. The fraction of sp³-hybridized carbons (Fsp3) is 0.125. The van der Waals surface area contributed by atoms with E-state index in [1.54, 1.807) is 36.4 Å². The average Bonchev–Trinajstić information content (AvgIpc) is 2.53. The van der Waals surface area contributed by atoms with Crippen molar-refractivity contribution in [3.05, 3.63) is 65.2 Å². The molecule has 0 saturated carbocycles. The topological polar surface area (TPSA) is 72.8 Å². The van der Waals surface area contributed by atoms with Gasteiger partial charge in [-0.2, -0.15) is 12.8 Å². The van der Waals surface area contributed by atoms with Crippen molar-refractivity contribution in [1.82, 2.24) is 0 Å². The minimum absolute atomic E-state index is 0.139. The van der Waals surface area contributed by atoms with E-state index in [4.69, 9.17) is 0 Å². The van der Waals surface area contributed by atoms with E-state index in [9.17, 15) is 13.2 Å². The standard InChI is InChI=1S/C16H15NO4S/c1-12-3-9-15(10-4-12)22(19,20)17-11-13-5-7-14(8-6-13)16(18)21-2/h3-11H,1-2H3/b17-11-. The van der Waals surface area contributed by atoms with Crippen LogP contribution in [0.5, 0.6) is 0 Å². The summed E-state index contributed by atoms with van der Waals surface area (Å²) in [4.78, 5) is 11.4. The van der Waals surface area contributed by atoms with Crippen LogP contribution in [0.3, 0.4) is 0 Å². The number of carbonyl (C=O) groups is 1. The van der Waals surface area contributed by atoms with Crippen LogP contribution in [-0.2, 0) is 14.8 Å². The Bertz CT molecular complexity index is 791. The van der Waals surface area contributed by atoms with Gasteiger partial charge in [-0.05, 0) is 36.8 Å². The second-order valence-electron chi connectivity index (χ2n) is 4.64. The van der Waals surface area contributed by atoms with E-state index in [0.29, 0.717) is 11.1 Å². The molecular formula is C16H15NO4S. The van der Waals surface area contributed by atoms with Gasteiger partial charge in [-0.25, -0.2) is 4.79 Å². The Morgan fingerprint density at radius 1 is 1.05 bits per heavy atom. The summed E-state index contributed by atoms with van der Waals surface area (Å²) in [5.74, 6) is -0.448. The zero-order chi connectivity index (χ0) is 16.2. The molecule has 2 rings (SSSR count). The van der Waals surface area contributed by atoms with Crippen LogP contribution >= 0.6 is 0 Å². The highest BCUT2D eigenvalue weighted by molar-refractivity contribution is 7.90. The number of carbonyl (C=O) groups excluding carboxylic acids is 1. The van der Waals surface area contributed by atoms with Gasteiger partial charge in [-0.3, -0.25) is 0 Å². The molecule has 5 nitrogen and oxygen atoms in total. The van der Waals surface area contributed by atoms with Gasteiger partial charge in [-0.1, -0.05) is 29.8 Å². The zero-order valence-electron chi connectivity index (χ0n) is 12.2. The normalized spacial score (nSPS) is 11.5. The fourth-order valence-corrected chi connectivity index (χ4v) is 2.59. The van der Waals surface area contributed by atoms with Crippen LogP contribution in [-0.4, -0.2) is 27.7 Å². The van der Waals surface area contributed by atoms with Crippen molar-refractivity contribution in [2.75, 3.05) is 7.11 Å². The van der Waals surface area contributed by atoms with Crippen LogP contribution in [0.25, 0.3) is 0 Å². The molecule has 0 aliphatic heterocycles. The minimum atomic E-state index is -3.73. The molecule has 0 amide bonds. The molecule has 2 aromatic rings. The molecule has 114 valence electrons. The number of nitrogens with zero attached hydrogens (tertiary/aromatic N) is 1. The molecule has 2 aromatic carbocycles. The number of aryl methyl sites for hydroxylation is 1. The van der Waals surface area contributed by atoms with Gasteiger partial charge >= 0.3 is 5.97 Å². The molecule has 0 unspecified atom stereocenters. The van der Waals surface area contributed by atoms with Crippen LogP contribution in [0.15, 0.2) is 57.8 Å². The Kier molecular flexibility index (Phi) is 4.72. The second kappa shape index (κ2) is 6.53. The van der Waals surface area contributed by atoms with Crippen molar-refractivity contribution in [3.63, 3.8) is 0 Å². The number of methoxy groups -OCH3 is 1. The van der Waals surface area contributed by atoms with Crippen LogP contribution < -0.4 is 0 Å². The first-order chi connectivity index (χ1) is 10.4. The quantitative estimate of drug-likeness (QED) is 0.642. The smallest absolute Gasteiger partial charge is 0.337 e. The van der Waals surface area contributed by atoms with Crippen molar-refractivity contribution in [3.8, 4) is 0 Å². The number of sulfonamides is 1. The average molecular weight is 317 g/mol. The van der Waals surface area contributed by atoms with Gasteiger partial charge < -0.3 is 4.74 Å². The molecular weight excluding hydrogens is 302 g/mol. The largest absolute Gasteiger partial charge is 0.465 e. The molecule has 0 radical (unpaired) electrons. The summed E-state index contributed by atoms with van der Waals surface area (Å²) in [7, 11) is -2.43. The number of ether oxygens (including phenoxy) is 1. The first-order valence-corrected chi connectivity index (χ1v) is 7.92. The van der Waals surface area contributed by atoms with E-state index in [2.05, 4.69) is 9.13 Å². The van der Waals surface area contributed by atoms with E-state index in [1.165, 1.54) is 25.5 Å². The number of hydrogen-bond acceptors (Lipinski definition) is 4. The Balaban J connectivity index is 2.20. The third kappa shape index (κ3) is 3.79. The van der Waals surface area contributed by atoms with Crippen molar-refractivity contribution in [2.24, 2.45) is 4.40 Å². The molecule has 6 heteroatoms. The number of rotatable bonds is 4. The van der Waals surface area contributed by atoms with Crippen molar-refractivity contribution in [1.29, 1.82) is 0 Å². The molecule has 0 aromatic heterocycles. The first kappa shape index (κ1) is 15.9. The predicted octanol–water partition coefficient (Wildman–Crippen LogP) is 2.59. The lowest BCUT2D eigenvalue weighted by Crippen LogP contribution is -2.01. The maximum absolute atomic E-state index is 12.1. The monoisotopic (exact) mass is 317 g/mol. The lowest BCUT2D eigenvalue weighted by Gasteiger charge is -2.00. The van der Waals surface area contributed by atoms with Crippen molar-refractivity contribution in [2.45, 2.75) is 11.8 Å². The third-order valence-electron chi connectivity index (χ3n) is 2.99. The Hall–Kier alpha value is -2.47. The van der Waals surface area contributed by atoms with Gasteiger partial charge in [0.1, 0.15) is 0 Å². The Labute approximate surface area is 129 Å². The summed E-state index contributed by atoms with van der Waals surface area (Å²) in [6.07, 6.45) is 1.25. The molecule has 0 atom stereocenters. The van der Waals surface area contributed by atoms with Crippen LogP contribution in [0.4, 0.5) is 0 Å². The highest BCUT2D eigenvalue weighted by Gasteiger charge is 2.11. The third-order valence-corrected chi connectivity index (χ3v) is 4.24. The molecule has 0 saturated heterocycles. The molecule has 0 aliphatic carbocycles. The van der Waals surface area contributed by atoms with E-state index in [-0.39, 0.29) is 4.90 Å². The van der Waals surface area contributed by atoms with E-state index in [1.807, 2.05) is 6.92 Å². The zero-order valence-corrected chi connectivity index (χ0v) is 13.0. The van der Waals surface area contributed by atoms with Crippen LogP contribution in [0, 0.1) is 6.92 Å². The Morgan fingerprint density at radius 2 is 1.64 bits per heavy atom. The highest BCUT2D eigenvalue weighted by Crippen LogP contribution is 2.13. The van der Waals surface area contributed by atoms with Gasteiger partial charge in [0, 0.05) is 6.21 Å². The van der Waals surface area contributed by atoms with Gasteiger partial charge in [0.15, 0.2) is 0 Å². The Morgan fingerprint density at radius 3 is 2.18 bits per heavy atom. The van der Waals surface area contributed by atoms with Crippen LogP contribution in [0.2, 0.25) is 0 Å². The summed E-state index contributed by atoms with van der Waals surface area (Å²) in [5, 5.41) is 0. The van der Waals surface area contributed by atoms with E-state index >= 15 is 0 Å². The molecule has 0 spiro atoms. The summed E-state index contributed by atoms with van der Waals surface area (Å²) >= 11 is 0. The summed E-state index contributed by atoms with van der Waals surface area (Å²) in [6, 6.07) is 12.8. The SMILES string of the molecule is COC(=O)c1ccc(/C=N\S(=O)(=O)c2ccc(C)cc2)cc1. The molecule has 0 bridgehead atoms. The lowest BCUT2D eigenvalue weighted by atomic mass is 10.1. The van der Waals surface area contributed by atoms with Crippen molar-refractivity contribution < 1.29 is 17.9 Å². The molecule has 0 N–H and O–H groups in total. The van der Waals surface area contributed by atoms with Crippen molar-refractivity contribution >= 4 is 22.2 Å². The highest BCUT2D eigenvalue weighted by atomic mass is 32.2. The second-order valence-corrected chi connectivity index (χ2v) is 6.27. The van der Waals surface area contributed by atoms with Gasteiger partial charge in [0.05, 0.1) is 17.6 Å². The minimum Gasteiger partial charge on any atom is -0.465 e. The van der Waals surface area contributed by atoms with Gasteiger partial charge in [-0.15, -0.1) is 0 Å². The van der Waals surface area contributed by atoms with Gasteiger partial charge in [0.25, 0.3) is 10.0 Å². The number of benzene rings is 2. The van der Waals surface area contributed by atoms with Gasteiger partial charge in [0.2, 0.25) is 0 Å². The van der Waals surface area contributed by atoms with Crippen LogP contribution in [0.1, 0.15) is 21.5 Å².